The fraction of sp³-hybridized carbons (Fsp3) is 0.308. The van der Waals surface area contributed by atoms with Crippen molar-refractivity contribution in [2.45, 2.75) is 20.3 Å². The van der Waals surface area contributed by atoms with Gasteiger partial charge in [0.1, 0.15) is 5.82 Å². The molecule has 0 unspecified atom stereocenters. The molecule has 0 saturated carbocycles. The van der Waals surface area contributed by atoms with E-state index in [0.717, 1.165) is 55.2 Å². The van der Waals surface area contributed by atoms with Gasteiger partial charge in [0.25, 0.3) is 0 Å². The molecule has 0 radical (unpaired) electrons. The third-order valence-electron chi connectivity index (χ3n) is 6.31. The van der Waals surface area contributed by atoms with Gasteiger partial charge in [-0.1, -0.05) is 60.7 Å². The zero-order valence-electron chi connectivity index (χ0n) is 18.5. The molecule has 0 bridgehead atoms. The number of likely N-dealkylation sites (N-methyl/N-ethyl adjacent to an activating group) is 1. The van der Waals surface area contributed by atoms with Gasteiger partial charge in [-0.25, -0.2) is 4.98 Å². The molecule has 5 rings (SSSR count). The van der Waals surface area contributed by atoms with Gasteiger partial charge in [-0.2, -0.15) is 9.61 Å². The predicted molar refractivity (Wildman–Crippen MR) is 127 cm³/mol. The van der Waals surface area contributed by atoms with E-state index in [1.807, 2.05) is 0 Å². The molecule has 0 amide bonds. The van der Waals surface area contributed by atoms with E-state index >= 15 is 0 Å². The first kappa shape index (κ1) is 19.8. The zero-order chi connectivity index (χ0) is 21.4. The van der Waals surface area contributed by atoms with Gasteiger partial charge in [-0.3, -0.25) is 0 Å². The van der Waals surface area contributed by atoms with E-state index in [9.17, 15) is 0 Å². The van der Waals surface area contributed by atoms with Crippen LogP contribution in [0.15, 0.2) is 60.7 Å². The summed E-state index contributed by atoms with van der Waals surface area (Å²) < 4.78 is 2.11. The molecule has 5 heteroatoms. The Labute approximate surface area is 184 Å². The molecule has 2 aromatic heterocycles. The van der Waals surface area contributed by atoms with Crippen LogP contribution in [-0.2, 0) is 6.42 Å². The van der Waals surface area contributed by atoms with Crippen molar-refractivity contribution >= 4 is 11.5 Å². The van der Waals surface area contributed by atoms with E-state index in [4.69, 9.17) is 10.1 Å². The lowest BCUT2D eigenvalue weighted by Gasteiger charge is -2.35. The van der Waals surface area contributed by atoms with Crippen LogP contribution in [-0.4, -0.2) is 52.7 Å². The molecule has 0 N–H and O–H groups in total. The van der Waals surface area contributed by atoms with Gasteiger partial charge in [-0.15, -0.1) is 0 Å². The van der Waals surface area contributed by atoms with Gasteiger partial charge in [0.05, 0.1) is 5.69 Å². The van der Waals surface area contributed by atoms with Gasteiger partial charge < -0.3 is 9.80 Å². The summed E-state index contributed by atoms with van der Waals surface area (Å²) >= 11 is 0. The molecule has 5 nitrogen and oxygen atoms in total. The molecule has 158 valence electrons. The number of aromatic nitrogens is 3. The maximum atomic E-state index is 5.10. The molecular formula is C26H29N5. The Hall–Kier alpha value is -3.18. The Morgan fingerprint density at radius 2 is 1.45 bits per heavy atom. The van der Waals surface area contributed by atoms with Crippen molar-refractivity contribution in [1.82, 2.24) is 19.5 Å². The number of nitrogens with zero attached hydrogens (tertiary/aromatic N) is 5. The van der Waals surface area contributed by atoms with Crippen LogP contribution in [0, 0.1) is 13.8 Å². The van der Waals surface area contributed by atoms with E-state index < -0.39 is 0 Å². The summed E-state index contributed by atoms with van der Waals surface area (Å²) in [6.07, 6.45) is 0.858. The molecular weight excluding hydrogens is 382 g/mol. The van der Waals surface area contributed by atoms with Gasteiger partial charge in [0.2, 0.25) is 0 Å². The molecule has 4 aromatic rings. The summed E-state index contributed by atoms with van der Waals surface area (Å²) in [4.78, 5) is 10.00. The molecule has 0 atom stereocenters. The lowest BCUT2D eigenvalue weighted by Crippen LogP contribution is -2.45. The maximum Gasteiger partial charge on any atom is 0.165 e. The summed E-state index contributed by atoms with van der Waals surface area (Å²) in [5.74, 6) is 1.20. The van der Waals surface area contributed by atoms with Crippen molar-refractivity contribution in [2.24, 2.45) is 0 Å². The van der Waals surface area contributed by atoms with E-state index in [1.165, 1.54) is 22.5 Å². The van der Waals surface area contributed by atoms with Crippen molar-refractivity contribution in [1.29, 1.82) is 0 Å². The van der Waals surface area contributed by atoms with Crippen LogP contribution in [0.3, 0.4) is 0 Å². The minimum absolute atomic E-state index is 0.858. The minimum Gasteiger partial charge on any atom is -0.354 e. The quantitative estimate of drug-likeness (QED) is 0.500. The van der Waals surface area contributed by atoms with Crippen LogP contribution in [0.4, 0.5) is 5.82 Å². The second-order valence-electron chi connectivity index (χ2n) is 8.51. The molecule has 31 heavy (non-hydrogen) atoms. The highest BCUT2D eigenvalue weighted by atomic mass is 15.4. The van der Waals surface area contributed by atoms with Gasteiger partial charge in [0.15, 0.2) is 5.65 Å². The molecule has 1 aliphatic heterocycles. The standard InChI is InChI=1S/C26H29N5/c1-19-23(18-21-10-6-4-7-11-21)26(30-16-14-29(3)15-17-30)31-25(27-19)24(20(2)28-31)22-12-8-5-9-13-22/h4-13H,14-18H2,1-3H3. The highest BCUT2D eigenvalue weighted by Gasteiger charge is 2.25. The van der Waals surface area contributed by atoms with E-state index in [2.05, 4.69) is 95.9 Å². The van der Waals surface area contributed by atoms with Crippen molar-refractivity contribution in [2.75, 3.05) is 38.1 Å². The molecule has 1 saturated heterocycles. The van der Waals surface area contributed by atoms with Crippen LogP contribution in [0.1, 0.15) is 22.5 Å². The van der Waals surface area contributed by atoms with E-state index in [1.54, 1.807) is 0 Å². The van der Waals surface area contributed by atoms with E-state index in [-0.39, 0.29) is 0 Å². The van der Waals surface area contributed by atoms with Crippen molar-refractivity contribution < 1.29 is 0 Å². The van der Waals surface area contributed by atoms with Gasteiger partial charge in [0, 0.05) is 49.4 Å². The second-order valence-corrected chi connectivity index (χ2v) is 8.51. The number of anilines is 1. The molecule has 2 aromatic carbocycles. The van der Waals surface area contributed by atoms with E-state index in [0.29, 0.717) is 0 Å². The topological polar surface area (TPSA) is 36.7 Å². The molecule has 0 aliphatic carbocycles. The third kappa shape index (κ3) is 3.70. The van der Waals surface area contributed by atoms with Crippen LogP contribution in [0.2, 0.25) is 0 Å². The number of hydrogen-bond acceptors (Lipinski definition) is 4. The smallest absolute Gasteiger partial charge is 0.165 e. The summed E-state index contributed by atoms with van der Waals surface area (Å²) in [5.41, 5.74) is 7.92. The van der Waals surface area contributed by atoms with Crippen LogP contribution in [0.5, 0.6) is 0 Å². The second kappa shape index (κ2) is 8.16. The Bertz CT molecular complexity index is 1190. The average Bonchev–Trinajstić information content (AvgIpc) is 3.11. The first-order valence-corrected chi connectivity index (χ1v) is 11.0. The number of aryl methyl sites for hydroxylation is 2. The maximum absolute atomic E-state index is 5.10. The minimum atomic E-state index is 0.858. The Kier molecular flexibility index (Phi) is 5.20. The lowest BCUT2D eigenvalue weighted by molar-refractivity contribution is 0.311. The molecule has 3 heterocycles. The van der Waals surface area contributed by atoms with Gasteiger partial charge in [-0.05, 0) is 32.0 Å². The normalized spacial score (nSPS) is 15.0. The number of benzene rings is 2. The largest absolute Gasteiger partial charge is 0.354 e. The third-order valence-corrected chi connectivity index (χ3v) is 6.31. The predicted octanol–water partition coefficient (Wildman–Crippen LogP) is 4.36. The number of rotatable bonds is 4. The van der Waals surface area contributed by atoms with Crippen LogP contribution >= 0.6 is 0 Å². The monoisotopic (exact) mass is 411 g/mol. The first-order chi connectivity index (χ1) is 15.1. The molecule has 0 spiro atoms. The Morgan fingerprint density at radius 1 is 0.806 bits per heavy atom. The van der Waals surface area contributed by atoms with Crippen molar-refractivity contribution in [3.05, 3.63) is 83.2 Å². The van der Waals surface area contributed by atoms with Crippen molar-refractivity contribution in [3.8, 4) is 11.1 Å². The zero-order valence-corrected chi connectivity index (χ0v) is 18.5. The number of hydrogen-bond donors (Lipinski definition) is 0. The lowest BCUT2D eigenvalue weighted by atomic mass is 10.0. The molecule has 1 fully saturated rings. The summed E-state index contributed by atoms with van der Waals surface area (Å²) in [6, 6.07) is 21.2. The Balaban J connectivity index is 1.72. The van der Waals surface area contributed by atoms with Crippen molar-refractivity contribution in [3.63, 3.8) is 0 Å². The average molecular weight is 412 g/mol. The van der Waals surface area contributed by atoms with Gasteiger partial charge >= 0.3 is 0 Å². The highest BCUT2D eigenvalue weighted by Crippen LogP contribution is 2.33. The first-order valence-electron chi connectivity index (χ1n) is 11.0. The summed E-state index contributed by atoms with van der Waals surface area (Å²) in [5, 5.41) is 5.03. The van der Waals surface area contributed by atoms with Crippen LogP contribution in [0.25, 0.3) is 16.8 Å². The Morgan fingerprint density at radius 3 is 2.13 bits per heavy atom. The number of fused-ring (bicyclic) bond motifs is 1. The SMILES string of the molecule is Cc1nc2c(-c3ccccc3)c(C)nn2c(N2CCN(C)CC2)c1Cc1ccccc1. The highest BCUT2D eigenvalue weighted by molar-refractivity contribution is 5.81. The summed E-state index contributed by atoms with van der Waals surface area (Å²) in [7, 11) is 2.20. The fourth-order valence-corrected chi connectivity index (χ4v) is 4.57. The summed E-state index contributed by atoms with van der Waals surface area (Å²) in [6.45, 7) is 8.34. The van der Waals surface area contributed by atoms with Crippen LogP contribution < -0.4 is 4.90 Å². The number of piperazine rings is 1. The fourth-order valence-electron chi connectivity index (χ4n) is 4.57. The molecule has 1 aliphatic rings.